The van der Waals surface area contributed by atoms with Crippen LogP contribution in [0.5, 0.6) is 0 Å². The number of hydrogen-bond donors (Lipinski definition) is 0. The number of nitrogens with zero attached hydrogens (tertiary/aromatic N) is 1. The van der Waals surface area contributed by atoms with E-state index in [4.69, 9.17) is 0 Å². The van der Waals surface area contributed by atoms with Crippen molar-refractivity contribution in [2.45, 2.75) is 6.92 Å². The van der Waals surface area contributed by atoms with E-state index >= 15 is 0 Å². The van der Waals surface area contributed by atoms with Gasteiger partial charge in [-0.2, -0.15) is 0 Å². The third kappa shape index (κ3) is 1.74. The number of hydrogen-bond acceptors (Lipinski definition) is 3. The van der Waals surface area contributed by atoms with Crippen LogP contribution in [0.1, 0.15) is 38.8 Å². The van der Waals surface area contributed by atoms with Crippen molar-refractivity contribution in [2.75, 3.05) is 18.5 Å². The Bertz CT molecular complexity index is 719. The predicted octanol–water partition coefficient (Wildman–Crippen LogP) is 2.92. The smallest absolute Gasteiger partial charge is 0.194 e. The van der Waals surface area contributed by atoms with Gasteiger partial charge in [-0.25, -0.2) is 0 Å². The molecular formula is C17H15NO2. The van der Waals surface area contributed by atoms with Crippen LogP contribution in [0.15, 0.2) is 42.5 Å². The van der Waals surface area contributed by atoms with Crippen LogP contribution in [-0.2, 0) is 0 Å². The van der Waals surface area contributed by atoms with Crippen LogP contribution in [0, 0.1) is 0 Å². The van der Waals surface area contributed by atoms with Crippen LogP contribution in [-0.4, -0.2) is 25.2 Å². The van der Waals surface area contributed by atoms with Gasteiger partial charge in [-0.1, -0.05) is 24.3 Å². The third-order valence-corrected chi connectivity index (χ3v) is 3.82. The van der Waals surface area contributed by atoms with E-state index in [1.807, 2.05) is 31.0 Å². The zero-order chi connectivity index (χ0) is 14.3. The first kappa shape index (κ1) is 12.6. The number of carbonyl (C=O) groups excluding carboxylic acids is 2. The highest BCUT2D eigenvalue weighted by Crippen LogP contribution is 2.29. The second-order valence-electron chi connectivity index (χ2n) is 4.95. The Labute approximate surface area is 117 Å². The molecule has 0 heterocycles. The van der Waals surface area contributed by atoms with Gasteiger partial charge in [-0.15, -0.1) is 0 Å². The second kappa shape index (κ2) is 4.60. The summed E-state index contributed by atoms with van der Waals surface area (Å²) >= 11 is 0. The van der Waals surface area contributed by atoms with E-state index in [1.165, 1.54) is 0 Å². The molecule has 3 heteroatoms. The number of ketones is 2. The zero-order valence-corrected chi connectivity index (χ0v) is 11.5. The largest absolute Gasteiger partial charge is 0.375 e. The van der Waals surface area contributed by atoms with E-state index in [1.54, 1.807) is 30.3 Å². The van der Waals surface area contributed by atoms with Gasteiger partial charge in [0.15, 0.2) is 11.6 Å². The van der Waals surface area contributed by atoms with E-state index in [0.717, 1.165) is 12.2 Å². The molecule has 2 aromatic carbocycles. The van der Waals surface area contributed by atoms with Crippen LogP contribution >= 0.6 is 0 Å². The molecule has 0 N–H and O–H groups in total. The van der Waals surface area contributed by atoms with Crippen LogP contribution in [0.3, 0.4) is 0 Å². The lowest BCUT2D eigenvalue weighted by atomic mass is 9.84. The maximum atomic E-state index is 12.5. The summed E-state index contributed by atoms with van der Waals surface area (Å²) in [5.41, 5.74) is 2.96. The molecule has 0 spiro atoms. The molecule has 3 rings (SSSR count). The highest BCUT2D eigenvalue weighted by molar-refractivity contribution is 6.28. The van der Waals surface area contributed by atoms with E-state index in [2.05, 4.69) is 0 Å². The number of fused-ring (bicyclic) bond motifs is 2. The zero-order valence-electron chi connectivity index (χ0n) is 11.5. The van der Waals surface area contributed by atoms with Gasteiger partial charge in [0.1, 0.15) is 0 Å². The minimum Gasteiger partial charge on any atom is -0.375 e. The molecule has 0 amide bonds. The van der Waals surface area contributed by atoms with E-state index in [-0.39, 0.29) is 11.6 Å². The lowest BCUT2D eigenvalue weighted by Crippen LogP contribution is -2.22. The van der Waals surface area contributed by atoms with Crippen LogP contribution in [0.4, 0.5) is 5.69 Å². The molecule has 0 saturated heterocycles. The molecule has 0 fully saturated rings. The molecule has 2 aromatic rings. The monoisotopic (exact) mass is 265 g/mol. The highest BCUT2D eigenvalue weighted by atomic mass is 16.1. The fourth-order valence-corrected chi connectivity index (χ4v) is 2.51. The molecule has 0 aliphatic heterocycles. The van der Waals surface area contributed by atoms with E-state index in [0.29, 0.717) is 22.3 Å². The van der Waals surface area contributed by atoms with Gasteiger partial charge >= 0.3 is 0 Å². The Morgan fingerprint density at radius 3 is 2.00 bits per heavy atom. The molecule has 0 unspecified atom stereocenters. The topological polar surface area (TPSA) is 37.4 Å². The van der Waals surface area contributed by atoms with Gasteiger partial charge in [-0.3, -0.25) is 9.59 Å². The first-order chi connectivity index (χ1) is 9.63. The van der Waals surface area contributed by atoms with Gasteiger partial charge in [0.25, 0.3) is 0 Å². The second-order valence-corrected chi connectivity index (χ2v) is 4.95. The maximum Gasteiger partial charge on any atom is 0.194 e. The Hall–Kier alpha value is -2.42. The Morgan fingerprint density at radius 1 is 0.850 bits per heavy atom. The summed E-state index contributed by atoms with van der Waals surface area (Å²) in [6.07, 6.45) is 0. The Kier molecular flexibility index (Phi) is 2.90. The first-order valence-corrected chi connectivity index (χ1v) is 6.67. The quantitative estimate of drug-likeness (QED) is 0.715. The first-order valence-electron chi connectivity index (χ1n) is 6.67. The molecule has 100 valence electrons. The number of rotatable bonds is 2. The van der Waals surface area contributed by atoms with Crippen molar-refractivity contribution in [1.29, 1.82) is 0 Å². The number of carbonyl (C=O) groups is 2. The molecule has 1 aliphatic rings. The average Bonchev–Trinajstić information content (AvgIpc) is 2.51. The molecule has 0 saturated carbocycles. The predicted molar refractivity (Wildman–Crippen MR) is 78.7 cm³/mol. The van der Waals surface area contributed by atoms with Crippen molar-refractivity contribution in [3.63, 3.8) is 0 Å². The molecule has 1 aliphatic carbocycles. The summed E-state index contributed by atoms with van der Waals surface area (Å²) in [5, 5.41) is 0. The van der Waals surface area contributed by atoms with Crippen molar-refractivity contribution in [3.8, 4) is 0 Å². The number of benzene rings is 2. The molecular weight excluding hydrogens is 250 g/mol. The van der Waals surface area contributed by atoms with Gasteiger partial charge in [0.05, 0.1) is 0 Å². The lowest BCUT2D eigenvalue weighted by Gasteiger charge is -2.21. The third-order valence-electron chi connectivity index (χ3n) is 3.82. The Morgan fingerprint density at radius 2 is 1.40 bits per heavy atom. The summed E-state index contributed by atoms with van der Waals surface area (Å²) in [4.78, 5) is 27.0. The molecule has 0 radical (unpaired) electrons. The van der Waals surface area contributed by atoms with E-state index < -0.39 is 0 Å². The molecule has 0 bridgehead atoms. The van der Waals surface area contributed by atoms with Gasteiger partial charge < -0.3 is 4.90 Å². The van der Waals surface area contributed by atoms with Crippen molar-refractivity contribution < 1.29 is 9.59 Å². The normalized spacial score (nSPS) is 12.9. The molecule has 20 heavy (non-hydrogen) atoms. The van der Waals surface area contributed by atoms with Crippen LogP contribution in [0.2, 0.25) is 0 Å². The standard InChI is InChI=1S/C17H15NO2/c1-3-18(2)11-8-9-14-15(10-11)17(20)13-7-5-4-6-12(13)16(14)19/h4-10H,3H2,1-2H3. The summed E-state index contributed by atoms with van der Waals surface area (Å²) in [7, 11) is 1.96. The molecule has 3 nitrogen and oxygen atoms in total. The van der Waals surface area contributed by atoms with Gasteiger partial charge in [0.2, 0.25) is 0 Å². The lowest BCUT2D eigenvalue weighted by molar-refractivity contribution is 0.0979. The van der Waals surface area contributed by atoms with Crippen LogP contribution < -0.4 is 4.90 Å². The average molecular weight is 265 g/mol. The van der Waals surface area contributed by atoms with Crippen LogP contribution in [0.25, 0.3) is 0 Å². The minimum atomic E-state index is -0.0686. The van der Waals surface area contributed by atoms with Crippen molar-refractivity contribution >= 4 is 17.3 Å². The van der Waals surface area contributed by atoms with Gasteiger partial charge in [0, 0.05) is 41.5 Å². The number of anilines is 1. The summed E-state index contributed by atoms with van der Waals surface area (Å²) in [6, 6.07) is 12.5. The van der Waals surface area contributed by atoms with Crippen molar-refractivity contribution in [2.24, 2.45) is 0 Å². The maximum absolute atomic E-state index is 12.5. The SMILES string of the molecule is CCN(C)c1ccc2c(c1)C(=O)c1ccccc1C2=O. The van der Waals surface area contributed by atoms with Crippen molar-refractivity contribution in [3.05, 3.63) is 64.7 Å². The fraction of sp³-hybridized carbons (Fsp3) is 0.176. The highest BCUT2D eigenvalue weighted by Gasteiger charge is 2.29. The molecule has 0 atom stereocenters. The van der Waals surface area contributed by atoms with Gasteiger partial charge in [-0.05, 0) is 25.1 Å². The van der Waals surface area contributed by atoms with E-state index in [9.17, 15) is 9.59 Å². The minimum absolute atomic E-state index is 0.0680. The summed E-state index contributed by atoms with van der Waals surface area (Å²) in [6.45, 7) is 2.89. The van der Waals surface area contributed by atoms with Crippen molar-refractivity contribution in [1.82, 2.24) is 0 Å². The summed E-state index contributed by atoms with van der Waals surface area (Å²) in [5.74, 6) is -0.137. The fourth-order valence-electron chi connectivity index (χ4n) is 2.51. The molecule has 0 aromatic heterocycles. The summed E-state index contributed by atoms with van der Waals surface area (Å²) < 4.78 is 0. The Balaban J connectivity index is 2.18.